The zero-order valence-electron chi connectivity index (χ0n) is 17.3. The van der Waals surface area contributed by atoms with Crippen LogP contribution in [0.2, 0.25) is 0 Å². The van der Waals surface area contributed by atoms with Crippen molar-refractivity contribution in [1.29, 1.82) is 0 Å². The maximum Gasteiger partial charge on any atom is 0.410 e. The molecule has 0 saturated carbocycles. The third kappa shape index (κ3) is 6.07. The van der Waals surface area contributed by atoms with Crippen molar-refractivity contribution in [3.05, 3.63) is 70.2 Å². The van der Waals surface area contributed by atoms with Crippen molar-refractivity contribution in [2.24, 2.45) is 0 Å². The summed E-state index contributed by atoms with van der Waals surface area (Å²) in [6.07, 6.45) is 0.924. The van der Waals surface area contributed by atoms with E-state index in [4.69, 9.17) is 9.47 Å². The molecule has 1 aliphatic heterocycles. The van der Waals surface area contributed by atoms with Crippen molar-refractivity contribution >= 4 is 33.9 Å². The van der Waals surface area contributed by atoms with E-state index in [2.05, 4.69) is 21.2 Å². The van der Waals surface area contributed by atoms with E-state index < -0.39 is 30.1 Å². The molecule has 7 nitrogen and oxygen atoms in total. The molecule has 8 heteroatoms. The number of ether oxygens (including phenoxy) is 2. The van der Waals surface area contributed by atoms with Crippen LogP contribution in [0.1, 0.15) is 24.0 Å². The SMILES string of the molecule is COC(=O)[C@@H](Cc1ccccc1Br)NC(=O)[C@H]1CCCN1C(=O)OCc1ccccc1. The molecule has 0 radical (unpaired) electrons. The molecule has 3 rings (SSSR count). The number of methoxy groups -OCH3 is 1. The highest BCUT2D eigenvalue weighted by atomic mass is 79.9. The number of nitrogens with zero attached hydrogens (tertiary/aromatic N) is 1. The summed E-state index contributed by atoms with van der Waals surface area (Å²) in [5.74, 6) is -0.933. The summed E-state index contributed by atoms with van der Waals surface area (Å²) in [5, 5.41) is 2.76. The summed E-state index contributed by atoms with van der Waals surface area (Å²) >= 11 is 3.46. The molecular formula is C23H25BrN2O5. The van der Waals surface area contributed by atoms with Crippen LogP contribution in [0.4, 0.5) is 4.79 Å². The molecule has 0 aromatic heterocycles. The van der Waals surface area contributed by atoms with Gasteiger partial charge in [0.15, 0.2) is 0 Å². The molecule has 0 bridgehead atoms. The van der Waals surface area contributed by atoms with E-state index in [1.54, 1.807) is 0 Å². The minimum absolute atomic E-state index is 0.136. The first-order chi connectivity index (χ1) is 15.0. The fraction of sp³-hybridized carbons (Fsp3) is 0.348. The van der Waals surface area contributed by atoms with E-state index in [9.17, 15) is 14.4 Å². The Morgan fingerprint density at radius 2 is 1.84 bits per heavy atom. The lowest BCUT2D eigenvalue weighted by atomic mass is 10.1. The summed E-state index contributed by atoms with van der Waals surface area (Å²) < 4.78 is 11.1. The number of benzene rings is 2. The molecular weight excluding hydrogens is 464 g/mol. The molecule has 1 fully saturated rings. The quantitative estimate of drug-likeness (QED) is 0.603. The van der Waals surface area contributed by atoms with Crippen LogP contribution in [0.25, 0.3) is 0 Å². The second-order valence-electron chi connectivity index (χ2n) is 7.27. The summed E-state index contributed by atoms with van der Waals surface area (Å²) in [7, 11) is 1.28. The van der Waals surface area contributed by atoms with Gasteiger partial charge in [-0.15, -0.1) is 0 Å². The van der Waals surface area contributed by atoms with Gasteiger partial charge >= 0.3 is 12.1 Å². The van der Waals surface area contributed by atoms with Crippen LogP contribution < -0.4 is 5.32 Å². The van der Waals surface area contributed by atoms with Crippen molar-refractivity contribution in [1.82, 2.24) is 10.2 Å². The van der Waals surface area contributed by atoms with Crippen LogP contribution in [0.5, 0.6) is 0 Å². The van der Waals surface area contributed by atoms with Crippen LogP contribution in [0.3, 0.4) is 0 Å². The third-order valence-electron chi connectivity index (χ3n) is 5.18. The first-order valence-electron chi connectivity index (χ1n) is 10.1. The normalized spacial score (nSPS) is 16.5. The van der Waals surface area contributed by atoms with E-state index in [0.717, 1.165) is 15.6 Å². The van der Waals surface area contributed by atoms with Gasteiger partial charge < -0.3 is 14.8 Å². The van der Waals surface area contributed by atoms with E-state index in [0.29, 0.717) is 19.4 Å². The standard InChI is InChI=1S/C23H25BrN2O5/c1-30-22(28)19(14-17-10-5-6-11-18(17)24)25-21(27)20-12-7-13-26(20)23(29)31-15-16-8-3-2-4-9-16/h2-6,8-11,19-20H,7,12-15H2,1H3,(H,25,27)/t19-,20-/m1/s1. The zero-order chi connectivity index (χ0) is 22.2. The zero-order valence-corrected chi connectivity index (χ0v) is 18.8. The predicted molar refractivity (Wildman–Crippen MR) is 118 cm³/mol. The summed E-state index contributed by atoms with van der Waals surface area (Å²) in [6.45, 7) is 0.566. The Morgan fingerprint density at radius 3 is 2.55 bits per heavy atom. The van der Waals surface area contributed by atoms with Crippen molar-refractivity contribution in [3.63, 3.8) is 0 Å². The molecule has 0 spiro atoms. The summed E-state index contributed by atoms with van der Waals surface area (Å²) in [6, 6.07) is 15.3. The van der Waals surface area contributed by atoms with E-state index in [1.165, 1.54) is 12.0 Å². The molecule has 2 atom stereocenters. The van der Waals surface area contributed by atoms with Crippen LogP contribution in [-0.4, -0.2) is 48.6 Å². The van der Waals surface area contributed by atoms with Gasteiger partial charge in [0.2, 0.25) is 5.91 Å². The largest absolute Gasteiger partial charge is 0.467 e. The number of carbonyl (C=O) groups excluding carboxylic acids is 3. The molecule has 2 aromatic rings. The second-order valence-corrected chi connectivity index (χ2v) is 8.13. The average Bonchev–Trinajstić information content (AvgIpc) is 3.29. The Morgan fingerprint density at radius 1 is 1.13 bits per heavy atom. The molecule has 1 aliphatic rings. The number of likely N-dealkylation sites (tertiary alicyclic amines) is 1. The second kappa shape index (κ2) is 10.9. The van der Waals surface area contributed by atoms with Gasteiger partial charge in [0.1, 0.15) is 18.7 Å². The number of amides is 2. The van der Waals surface area contributed by atoms with Gasteiger partial charge in [-0.05, 0) is 30.0 Å². The molecule has 164 valence electrons. The number of rotatable bonds is 7. The molecule has 1 N–H and O–H groups in total. The molecule has 1 saturated heterocycles. The highest BCUT2D eigenvalue weighted by Gasteiger charge is 2.37. The van der Waals surface area contributed by atoms with Crippen LogP contribution in [0.15, 0.2) is 59.1 Å². The number of halogens is 1. The number of carbonyl (C=O) groups is 3. The first kappa shape index (κ1) is 22.8. The van der Waals surface area contributed by atoms with Gasteiger partial charge in [-0.3, -0.25) is 9.69 Å². The Labute approximate surface area is 189 Å². The van der Waals surface area contributed by atoms with Crippen molar-refractivity contribution in [3.8, 4) is 0 Å². The molecule has 2 aromatic carbocycles. The maximum atomic E-state index is 13.0. The van der Waals surface area contributed by atoms with E-state index in [1.807, 2.05) is 54.6 Å². The molecule has 0 aliphatic carbocycles. The van der Waals surface area contributed by atoms with Gasteiger partial charge in [0.25, 0.3) is 0 Å². The van der Waals surface area contributed by atoms with Gasteiger partial charge in [-0.1, -0.05) is 64.5 Å². The van der Waals surface area contributed by atoms with Gasteiger partial charge in [-0.2, -0.15) is 0 Å². The lowest BCUT2D eigenvalue weighted by Gasteiger charge is -2.25. The van der Waals surface area contributed by atoms with Crippen LogP contribution >= 0.6 is 15.9 Å². The van der Waals surface area contributed by atoms with Gasteiger partial charge in [0, 0.05) is 17.4 Å². The summed E-state index contributed by atoms with van der Waals surface area (Å²) in [4.78, 5) is 39.2. The molecule has 2 amide bonds. The Kier molecular flexibility index (Phi) is 8.06. The van der Waals surface area contributed by atoms with Crippen molar-refractivity contribution in [2.75, 3.05) is 13.7 Å². The number of esters is 1. The van der Waals surface area contributed by atoms with Gasteiger partial charge in [0.05, 0.1) is 7.11 Å². The Hall–Kier alpha value is -2.87. The smallest absolute Gasteiger partial charge is 0.410 e. The van der Waals surface area contributed by atoms with Gasteiger partial charge in [-0.25, -0.2) is 9.59 Å². The molecule has 1 heterocycles. The summed E-state index contributed by atoms with van der Waals surface area (Å²) in [5.41, 5.74) is 1.74. The monoisotopic (exact) mass is 488 g/mol. The Balaban J connectivity index is 1.63. The number of hydrogen-bond acceptors (Lipinski definition) is 5. The van der Waals surface area contributed by atoms with Crippen LogP contribution in [-0.2, 0) is 32.1 Å². The fourth-order valence-electron chi connectivity index (χ4n) is 3.55. The number of hydrogen-bond donors (Lipinski definition) is 1. The van der Waals surface area contributed by atoms with Crippen molar-refractivity contribution in [2.45, 2.75) is 38.0 Å². The minimum Gasteiger partial charge on any atom is -0.467 e. The minimum atomic E-state index is -0.862. The maximum absolute atomic E-state index is 13.0. The molecule has 31 heavy (non-hydrogen) atoms. The lowest BCUT2D eigenvalue weighted by molar-refractivity contribution is -0.145. The van der Waals surface area contributed by atoms with Crippen molar-refractivity contribution < 1.29 is 23.9 Å². The predicted octanol–water partition coefficient (Wildman–Crippen LogP) is 3.45. The first-order valence-corrected chi connectivity index (χ1v) is 10.9. The average molecular weight is 489 g/mol. The highest BCUT2D eigenvalue weighted by Crippen LogP contribution is 2.21. The molecule has 0 unspecified atom stereocenters. The van der Waals surface area contributed by atoms with E-state index >= 15 is 0 Å². The Bertz CT molecular complexity index is 921. The lowest BCUT2D eigenvalue weighted by Crippen LogP contribution is -2.51. The number of nitrogens with one attached hydrogen (secondary N) is 1. The highest BCUT2D eigenvalue weighted by molar-refractivity contribution is 9.10. The third-order valence-corrected chi connectivity index (χ3v) is 5.95. The topological polar surface area (TPSA) is 84.9 Å². The fourth-order valence-corrected chi connectivity index (χ4v) is 3.99. The van der Waals surface area contributed by atoms with E-state index in [-0.39, 0.29) is 13.0 Å². The van der Waals surface area contributed by atoms with Crippen LogP contribution in [0, 0.1) is 0 Å².